The second-order valence-electron chi connectivity index (χ2n) is 17.3. The Morgan fingerprint density at radius 1 is 0.500 bits per heavy atom. The summed E-state index contributed by atoms with van der Waals surface area (Å²) in [6.07, 6.45) is 29.6. The first kappa shape index (κ1) is 58.3. The minimum Gasteiger partial charge on any atom is -0.462 e. The summed E-state index contributed by atoms with van der Waals surface area (Å²) in [5, 5.41) is 50.1. The van der Waals surface area contributed by atoms with E-state index in [1.165, 1.54) is 116 Å². The Morgan fingerprint density at radius 2 is 0.871 bits per heavy atom. The molecule has 0 aromatic heterocycles. The van der Waals surface area contributed by atoms with E-state index in [2.05, 4.69) is 38.2 Å². The van der Waals surface area contributed by atoms with Gasteiger partial charge in [-0.3, -0.25) is 18.6 Å². The molecule has 0 aromatic rings. The molecule has 1 aliphatic carbocycles. The van der Waals surface area contributed by atoms with Crippen molar-refractivity contribution in [2.45, 2.75) is 256 Å². The number of aliphatic hydroxyl groups excluding tert-OH is 5. The Bertz CT molecular complexity index is 1180. The van der Waals surface area contributed by atoms with Crippen LogP contribution in [0, 0.1) is 0 Å². The van der Waals surface area contributed by atoms with Crippen molar-refractivity contribution in [3.63, 3.8) is 0 Å². The van der Waals surface area contributed by atoms with Crippen LogP contribution in [0.3, 0.4) is 0 Å². The highest BCUT2D eigenvalue weighted by Gasteiger charge is 2.51. The average Bonchev–Trinajstić information content (AvgIpc) is 3.25. The largest absolute Gasteiger partial charge is 0.472 e. The Balaban J connectivity index is 2.36. The number of carbonyl (C=O) groups excluding carboxylic acids is 2. The Labute approximate surface area is 375 Å². The predicted molar refractivity (Wildman–Crippen MR) is 244 cm³/mol. The fourth-order valence-electron chi connectivity index (χ4n) is 7.55. The molecule has 0 spiro atoms. The summed E-state index contributed by atoms with van der Waals surface area (Å²) in [5.41, 5.74) is 0. The third-order valence-corrected chi connectivity index (χ3v) is 12.5. The van der Waals surface area contributed by atoms with E-state index in [0.717, 1.165) is 57.8 Å². The second-order valence-corrected chi connectivity index (χ2v) is 18.7. The van der Waals surface area contributed by atoms with Crippen LogP contribution in [0.4, 0.5) is 0 Å². The maximum atomic E-state index is 12.8. The number of unbranched alkanes of at least 4 members (excludes halogenated alkanes) is 25. The zero-order chi connectivity index (χ0) is 45.7. The fraction of sp³-hybridized carbons (Fsp3) is 0.875. The van der Waals surface area contributed by atoms with Gasteiger partial charge in [-0.15, -0.1) is 0 Å². The molecule has 0 amide bonds. The lowest BCUT2D eigenvalue weighted by Gasteiger charge is -2.41. The van der Waals surface area contributed by atoms with E-state index in [-0.39, 0.29) is 12.8 Å². The standard InChI is InChI=1S/C48H89O13P/c1-3-5-7-9-11-13-15-16-17-18-19-20-21-22-23-24-25-26-27-29-31-33-35-37-42(50)60-40(38-58-41(49)36-34-32-30-28-14-12-10-8-6-4-2)39-59-62(56,57)61-48-46(54)44(52)43(51)45(53)47(48)55/h15-16,18-19,40,43-48,51-55H,3-14,17,20-39H2,1-2H3,(H,56,57)/b16-15-,19-18-. The summed E-state index contributed by atoms with van der Waals surface area (Å²) in [7, 11) is -5.11. The van der Waals surface area contributed by atoms with Crippen molar-refractivity contribution >= 4 is 19.8 Å². The zero-order valence-corrected chi connectivity index (χ0v) is 39.6. The van der Waals surface area contributed by atoms with E-state index < -0.39 is 75.7 Å². The van der Waals surface area contributed by atoms with Gasteiger partial charge in [0.15, 0.2) is 6.10 Å². The van der Waals surface area contributed by atoms with Gasteiger partial charge in [-0.1, -0.05) is 179 Å². The van der Waals surface area contributed by atoms with Crippen LogP contribution in [0.1, 0.15) is 213 Å². The highest BCUT2D eigenvalue weighted by atomic mass is 31.2. The number of carbonyl (C=O) groups is 2. The Hall–Kier alpha value is -1.67. The fourth-order valence-corrected chi connectivity index (χ4v) is 8.53. The molecular weight excluding hydrogens is 815 g/mol. The normalized spacial score (nSPS) is 22.0. The third kappa shape index (κ3) is 30.5. The molecule has 6 N–H and O–H groups in total. The number of hydrogen-bond acceptors (Lipinski definition) is 12. The van der Waals surface area contributed by atoms with E-state index in [4.69, 9.17) is 18.5 Å². The molecular formula is C48H89O13P. The van der Waals surface area contributed by atoms with Crippen molar-refractivity contribution in [2.24, 2.45) is 0 Å². The van der Waals surface area contributed by atoms with Crippen molar-refractivity contribution in [3.8, 4) is 0 Å². The van der Waals surface area contributed by atoms with Gasteiger partial charge >= 0.3 is 19.8 Å². The minimum atomic E-state index is -5.11. The molecule has 0 saturated heterocycles. The van der Waals surface area contributed by atoms with Gasteiger partial charge in [0.2, 0.25) is 0 Å². The summed E-state index contributed by atoms with van der Waals surface area (Å²) in [4.78, 5) is 35.7. The number of phosphoric acid groups is 1. The number of allylic oxidation sites excluding steroid dienone is 4. The van der Waals surface area contributed by atoms with Crippen LogP contribution in [0.5, 0.6) is 0 Å². The lowest BCUT2D eigenvalue weighted by molar-refractivity contribution is -0.220. The molecule has 0 heterocycles. The van der Waals surface area contributed by atoms with Gasteiger partial charge in [0.05, 0.1) is 6.61 Å². The quantitative estimate of drug-likeness (QED) is 0.0146. The lowest BCUT2D eigenvalue weighted by Crippen LogP contribution is -2.64. The minimum absolute atomic E-state index is 0.0972. The molecule has 0 radical (unpaired) electrons. The smallest absolute Gasteiger partial charge is 0.462 e. The maximum Gasteiger partial charge on any atom is 0.472 e. The molecule has 1 saturated carbocycles. The van der Waals surface area contributed by atoms with Crippen LogP contribution < -0.4 is 0 Å². The topological polar surface area (TPSA) is 210 Å². The Morgan fingerprint density at radius 3 is 1.31 bits per heavy atom. The first-order valence-corrected chi connectivity index (χ1v) is 26.1. The molecule has 0 aliphatic heterocycles. The maximum absolute atomic E-state index is 12.8. The van der Waals surface area contributed by atoms with Gasteiger partial charge in [-0.25, -0.2) is 4.57 Å². The molecule has 14 heteroatoms. The van der Waals surface area contributed by atoms with E-state index in [1.807, 2.05) is 0 Å². The van der Waals surface area contributed by atoms with Crippen LogP contribution in [-0.4, -0.2) is 98.3 Å². The SMILES string of the molecule is CCCCCCC/C=C\C/C=C\CCCCCCCCCCCCCC(=O)OC(COC(=O)CCCCCCCCCCCC)COP(=O)(O)OC1C(O)C(O)C(O)C(O)C1O. The predicted octanol–water partition coefficient (Wildman–Crippen LogP) is 10.0. The van der Waals surface area contributed by atoms with Crippen LogP contribution in [0.25, 0.3) is 0 Å². The van der Waals surface area contributed by atoms with Crippen LogP contribution in [-0.2, 0) is 32.7 Å². The van der Waals surface area contributed by atoms with E-state index in [0.29, 0.717) is 12.8 Å². The summed E-state index contributed by atoms with van der Waals surface area (Å²) >= 11 is 0. The monoisotopic (exact) mass is 905 g/mol. The Kier molecular flexibility index (Phi) is 36.3. The number of hydrogen-bond donors (Lipinski definition) is 6. The van der Waals surface area contributed by atoms with Crippen LogP contribution in [0.2, 0.25) is 0 Å². The summed E-state index contributed by atoms with van der Waals surface area (Å²) < 4.78 is 33.5. The van der Waals surface area contributed by atoms with Crippen molar-refractivity contribution in [3.05, 3.63) is 24.3 Å². The molecule has 1 aliphatic rings. The van der Waals surface area contributed by atoms with Crippen molar-refractivity contribution in [1.29, 1.82) is 0 Å². The van der Waals surface area contributed by atoms with Crippen molar-refractivity contribution in [2.75, 3.05) is 13.2 Å². The highest BCUT2D eigenvalue weighted by Crippen LogP contribution is 2.47. The van der Waals surface area contributed by atoms with Gasteiger partial charge < -0.3 is 39.9 Å². The number of ether oxygens (including phenoxy) is 2. The summed E-state index contributed by atoms with van der Waals surface area (Å²) in [6, 6.07) is 0. The second kappa shape index (κ2) is 38.6. The van der Waals surface area contributed by atoms with E-state index in [1.54, 1.807) is 0 Å². The van der Waals surface area contributed by atoms with Gasteiger partial charge in [0.25, 0.3) is 0 Å². The van der Waals surface area contributed by atoms with Gasteiger partial charge in [-0.05, 0) is 44.9 Å². The summed E-state index contributed by atoms with van der Waals surface area (Å²) in [5.74, 6) is -1.10. The first-order chi connectivity index (χ1) is 29.9. The average molecular weight is 905 g/mol. The first-order valence-electron chi connectivity index (χ1n) is 24.6. The molecule has 1 fully saturated rings. The number of rotatable bonds is 41. The molecule has 1 rings (SSSR count). The number of phosphoric ester groups is 1. The third-order valence-electron chi connectivity index (χ3n) is 11.5. The van der Waals surface area contributed by atoms with Crippen LogP contribution >= 0.6 is 7.82 Å². The molecule has 13 nitrogen and oxygen atoms in total. The molecule has 6 atom stereocenters. The zero-order valence-electron chi connectivity index (χ0n) is 38.7. The van der Waals surface area contributed by atoms with Gasteiger partial charge in [0, 0.05) is 12.8 Å². The van der Waals surface area contributed by atoms with Crippen LogP contribution in [0.15, 0.2) is 24.3 Å². The van der Waals surface area contributed by atoms with E-state index in [9.17, 15) is 44.6 Å². The number of esters is 2. The number of aliphatic hydroxyl groups is 5. The molecule has 0 aromatic carbocycles. The van der Waals surface area contributed by atoms with Gasteiger partial charge in [0.1, 0.15) is 43.2 Å². The van der Waals surface area contributed by atoms with Crippen molar-refractivity contribution in [1.82, 2.24) is 0 Å². The summed E-state index contributed by atoms with van der Waals surface area (Å²) in [6.45, 7) is 3.28. The van der Waals surface area contributed by atoms with Crippen molar-refractivity contribution < 1.29 is 63.1 Å². The van der Waals surface area contributed by atoms with E-state index >= 15 is 0 Å². The molecule has 364 valence electrons. The molecule has 0 bridgehead atoms. The van der Waals surface area contributed by atoms with Gasteiger partial charge in [-0.2, -0.15) is 0 Å². The molecule has 6 unspecified atom stereocenters. The lowest BCUT2D eigenvalue weighted by atomic mass is 9.85. The highest BCUT2D eigenvalue weighted by molar-refractivity contribution is 7.47. The molecule has 62 heavy (non-hydrogen) atoms.